The van der Waals surface area contributed by atoms with Gasteiger partial charge in [-0.25, -0.2) is 4.98 Å². The number of hydrogen-bond acceptors (Lipinski definition) is 4. The minimum atomic E-state index is -1.11. The van der Waals surface area contributed by atoms with E-state index in [1.807, 2.05) is 0 Å². The lowest BCUT2D eigenvalue weighted by Crippen LogP contribution is -2.38. The van der Waals surface area contributed by atoms with E-state index in [9.17, 15) is 9.59 Å². The first-order chi connectivity index (χ1) is 9.47. The van der Waals surface area contributed by atoms with Crippen LogP contribution in [0.3, 0.4) is 0 Å². The maximum absolute atomic E-state index is 11.8. The van der Waals surface area contributed by atoms with Gasteiger partial charge in [0.25, 0.3) is 5.91 Å². The van der Waals surface area contributed by atoms with Gasteiger partial charge in [0.1, 0.15) is 11.1 Å². The van der Waals surface area contributed by atoms with Gasteiger partial charge >= 0.3 is 5.97 Å². The van der Waals surface area contributed by atoms with E-state index < -0.39 is 17.9 Å². The summed E-state index contributed by atoms with van der Waals surface area (Å²) in [5.74, 6) is -0.779. The van der Waals surface area contributed by atoms with Crippen LogP contribution in [0.2, 0.25) is 5.02 Å². The number of ether oxygens (including phenoxy) is 1. The third-order valence-corrected chi connectivity index (χ3v) is 3.21. The molecule has 1 fully saturated rings. The second-order valence-corrected chi connectivity index (χ2v) is 5.21. The molecule has 20 heavy (non-hydrogen) atoms. The van der Waals surface area contributed by atoms with Gasteiger partial charge < -0.3 is 15.2 Å². The molecule has 0 radical (unpaired) electrons. The van der Waals surface area contributed by atoms with Gasteiger partial charge in [0, 0.05) is 6.20 Å². The SMILES string of the molecule is C[C@H](NC(=O)c1cnc(OCC2CC2)c(Cl)c1)C(=O)O. The van der Waals surface area contributed by atoms with Crippen molar-refractivity contribution in [3.8, 4) is 5.88 Å². The molecule has 108 valence electrons. The Morgan fingerprint density at radius 1 is 1.60 bits per heavy atom. The zero-order chi connectivity index (χ0) is 14.7. The van der Waals surface area contributed by atoms with E-state index in [-0.39, 0.29) is 10.6 Å². The predicted octanol–water partition coefficient (Wildman–Crippen LogP) is 1.73. The number of aromatic nitrogens is 1. The first-order valence-electron chi connectivity index (χ1n) is 6.29. The number of amides is 1. The Hall–Kier alpha value is -1.82. The highest BCUT2D eigenvalue weighted by molar-refractivity contribution is 6.32. The van der Waals surface area contributed by atoms with Crippen LogP contribution in [0, 0.1) is 5.92 Å². The van der Waals surface area contributed by atoms with Crippen LogP contribution in [0.4, 0.5) is 0 Å². The molecule has 0 saturated heterocycles. The van der Waals surface area contributed by atoms with Crippen molar-refractivity contribution in [3.05, 3.63) is 22.8 Å². The zero-order valence-electron chi connectivity index (χ0n) is 10.9. The van der Waals surface area contributed by atoms with E-state index in [0.717, 1.165) is 12.8 Å². The van der Waals surface area contributed by atoms with Crippen LogP contribution >= 0.6 is 11.6 Å². The number of nitrogens with one attached hydrogen (secondary N) is 1. The van der Waals surface area contributed by atoms with Crippen LogP contribution in [-0.2, 0) is 4.79 Å². The molecule has 7 heteroatoms. The molecule has 1 amide bonds. The minimum absolute atomic E-state index is 0.196. The zero-order valence-corrected chi connectivity index (χ0v) is 11.7. The van der Waals surface area contributed by atoms with Gasteiger partial charge in [-0.15, -0.1) is 0 Å². The summed E-state index contributed by atoms with van der Waals surface area (Å²) in [6.07, 6.45) is 3.63. The number of carboxylic acids is 1. The van der Waals surface area contributed by atoms with Gasteiger partial charge in [0.15, 0.2) is 0 Å². The lowest BCUT2D eigenvalue weighted by Gasteiger charge is -2.10. The molecule has 1 atom stereocenters. The van der Waals surface area contributed by atoms with Crippen LogP contribution in [0.15, 0.2) is 12.3 Å². The highest BCUT2D eigenvalue weighted by atomic mass is 35.5. The second-order valence-electron chi connectivity index (χ2n) is 4.80. The van der Waals surface area contributed by atoms with Gasteiger partial charge in [-0.2, -0.15) is 0 Å². The van der Waals surface area contributed by atoms with E-state index in [0.29, 0.717) is 18.4 Å². The van der Waals surface area contributed by atoms with E-state index >= 15 is 0 Å². The highest BCUT2D eigenvalue weighted by Gasteiger charge is 2.23. The Morgan fingerprint density at radius 2 is 2.30 bits per heavy atom. The fourth-order valence-electron chi connectivity index (χ4n) is 1.48. The van der Waals surface area contributed by atoms with Gasteiger partial charge in [-0.05, 0) is 31.7 Å². The van der Waals surface area contributed by atoms with Crippen molar-refractivity contribution in [1.82, 2.24) is 10.3 Å². The number of rotatable bonds is 6. The molecule has 1 heterocycles. The Balaban J connectivity index is 1.99. The number of pyridine rings is 1. The molecular weight excluding hydrogens is 284 g/mol. The summed E-state index contributed by atoms with van der Waals surface area (Å²) in [6, 6.07) is 0.438. The van der Waals surface area contributed by atoms with Crippen molar-refractivity contribution in [1.29, 1.82) is 0 Å². The van der Waals surface area contributed by atoms with Gasteiger partial charge in [0.2, 0.25) is 5.88 Å². The first kappa shape index (κ1) is 14.6. The van der Waals surface area contributed by atoms with Crippen LogP contribution in [0.5, 0.6) is 5.88 Å². The fraction of sp³-hybridized carbons (Fsp3) is 0.462. The molecule has 2 rings (SSSR count). The Kier molecular flexibility index (Phi) is 4.44. The molecule has 1 aromatic heterocycles. The quantitative estimate of drug-likeness (QED) is 0.835. The molecule has 1 saturated carbocycles. The molecule has 0 bridgehead atoms. The number of hydrogen-bond donors (Lipinski definition) is 2. The molecule has 2 N–H and O–H groups in total. The molecule has 0 aliphatic heterocycles. The van der Waals surface area contributed by atoms with E-state index in [2.05, 4.69) is 10.3 Å². The van der Waals surface area contributed by atoms with Crippen LogP contribution < -0.4 is 10.1 Å². The Bertz CT molecular complexity index is 531. The topological polar surface area (TPSA) is 88.5 Å². The summed E-state index contributed by atoms with van der Waals surface area (Å²) in [4.78, 5) is 26.4. The lowest BCUT2D eigenvalue weighted by molar-refractivity contribution is -0.138. The molecule has 1 aliphatic carbocycles. The van der Waals surface area contributed by atoms with Crippen molar-refractivity contribution >= 4 is 23.5 Å². The average Bonchev–Trinajstić information content (AvgIpc) is 3.21. The minimum Gasteiger partial charge on any atom is -0.480 e. The van der Waals surface area contributed by atoms with Crippen LogP contribution in [-0.4, -0.2) is 34.6 Å². The van der Waals surface area contributed by atoms with Crippen molar-refractivity contribution in [2.75, 3.05) is 6.61 Å². The van der Waals surface area contributed by atoms with E-state index in [4.69, 9.17) is 21.4 Å². The second kappa shape index (κ2) is 6.09. The summed E-state index contributed by atoms with van der Waals surface area (Å²) in [6.45, 7) is 1.96. The molecule has 1 aliphatic rings. The van der Waals surface area contributed by atoms with E-state index in [1.54, 1.807) is 0 Å². The number of carboxylic acid groups (broad SMARTS) is 1. The molecule has 1 aromatic rings. The summed E-state index contributed by atoms with van der Waals surface area (Å²) < 4.78 is 5.45. The number of carbonyl (C=O) groups excluding carboxylic acids is 1. The summed E-state index contributed by atoms with van der Waals surface area (Å²) in [5.41, 5.74) is 0.196. The normalized spacial score (nSPS) is 15.5. The monoisotopic (exact) mass is 298 g/mol. The molecular formula is C13H15ClN2O4. The van der Waals surface area contributed by atoms with Gasteiger partial charge in [0.05, 0.1) is 12.2 Å². The Labute approximate surface area is 121 Å². The van der Waals surface area contributed by atoms with Gasteiger partial charge in [-0.1, -0.05) is 11.6 Å². The highest BCUT2D eigenvalue weighted by Crippen LogP contribution is 2.30. The largest absolute Gasteiger partial charge is 0.480 e. The first-order valence-corrected chi connectivity index (χ1v) is 6.67. The summed E-state index contributed by atoms with van der Waals surface area (Å²) >= 11 is 5.99. The molecule has 6 nitrogen and oxygen atoms in total. The van der Waals surface area contributed by atoms with E-state index in [1.165, 1.54) is 19.2 Å². The van der Waals surface area contributed by atoms with Crippen molar-refractivity contribution in [2.24, 2.45) is 5.92 Å². The molecule has 0 spiro atoms. The smallest absolute Gasteiger partial charge is 0.325 e. The standard InChI is InChI=1S/C13H15ClN2O4/c1-7(13(18)19)16-11(17)9-4-10(14)12(15-5-9)20-6-8-2-3-8/h4-5,7-8H,2-3,6H2,1H3,(H,16,17)(H,18,19)/t7-/m0/s1. The number of aliphatic carboxylic acids is 1. The maximum Gasteiger partial charge on any atom is 0.325 e. The Morgan fingerprint density at radius 3 is 2.85 bits per heavy atom. The number of carbonyl (C=O) groups is 2. The van der Waals surface area contributed by atoms with Crippen molar-refractivity contribution < 1.29 is 19.4 Å². The number of halogens is 1. The number of nitrogens with zero attached hydrogens (tertiary/aromatic N) is 1. The average molecular weight is 299 g/mol. The van der Waals surface area contributed by atoms with Crippen LogP contribution in [0.1, 0.15) is 30.1 Å². The lowest BCUT2D eigenvalue weighted by atomic mass is 10.2. The van der Waals surface area contributed by atoms with Gasteiger partial charge in [-0.3, -0.25) is 9.59 Å². The predicted molar refractivity (Wildman–Crippen MR) is 72.0 cm³/mol. The van der Waals surface area contributed by atoms with Crippen LogP contribution in [0.25, 0.3) is 0 Å². The third-order valence-electron chi connectivity index (χ3n) is 2.94. The maximum atomic E-state index is 11.8. The molecule has 0 unspecified atom stereocenters. The molecule has 0 aromatic carbocycles. The third kappa shape index (κ3) is 3.84. The summed E-state index contributed by atoms with van der Waals surface area (Å²) in [5, 5.41) is 11.3. The van der Waals surface area contributed by atoms with Crippen molar-refractivity contribution in [3.63, 3.8) is 0 Å². The fourth-order valence-corrected chi connectivity index (χ4v) is 1.70. The van der Waals surface area contributed by atoms with Crippen molar-refractivity contribution in [2.45, 2.75) is 25.8 Å². The summed E-state index contributed by atoms with van der Waals surface area (Å²) in [7, 11) is 0.